The molecule has 0 aliphatic carbocycles. The van der Waals surface area contributed by atoms with Crippen molar-refractivity contribution < 1.29 is 9.90 Å². The van der Waals surface area contributed by atoms with Crippen LogP contribution in [0.3, 0.4) is 0 Å². The molecule has 0 heterocycles. The summed E-state index contributed by atoms with van der Waals surface area (Å²) in [7, 11) is 0. The van der Waals surface area contributed by atoms with Gasteiger partial charge in [0.15, 0.2) is 0 Å². The van der Waals surface area contributed by atoms with Gasteiger partial charge in [0.05, 0.1) is 5.92 Å². The third-order valence-electron chi connectivity index (χ3n) is 1.57. The molecular formula is C7H16ClNO2. The molecule has 2 unspecified atom stereocenters. The van der Waals surface area contributed by atoms with E-state index in [-0.39, 0.29) is 24.4 Å². The summed E-state index contributed by atoms with van der Waals surface area (Å²) in [4.78, 5) is 10.5. The second-order valence-corrected chi connectivity index (χ2v) is 2.97. The lowest BCUT2D eigenvalue weighted by Gasteiger charge is -2.19. The van der Waals surface area contributed by atoms with Crippen molar-refractivity contribution in [1.82, 2.24) is 0 Å². The van der Waals surface area contributed by atoms with E-state index < -0.39 is 11.9 Å². The highest BCUT2D eigenvalue weighted by atomic mass is 35.5. The molecule has 3 N–H and O–H groups in total. The Balaban J connectivity index is 0. The first-order chi connectivity index (χ1) is 4.46. The van der Waals surface area contributed by atoms with Crippen molar-refractivity contribution in [3.8, 4) is 0 Å². The van der Waals surface area contributed by atoms with E-state index >= 15 is 0 Å². The second-order valence-electron chi connectivity index (χ2n) is 2.97. The minimum atomic E-state index is -0.801. The Hall–Kier alpha value is -0.280. The summed E-state index contributed by atoms with van der Waals surface area (Å²) in [5.41, 5.74) is 5.46. The summed E-state index contributed by atoms with van der Waals surface area (Å²) in [6.07, 6.45) is 0. The van der Waals surface area contributed by atoms with Gasteiger partial charge >= 0.3 is 5.97 Å². The van der Waals surface area contributed by atoms with E-state index in [9.17, 15) is 4.79 Å². The Morgan fingerprint density at radius 1 is 1.36 bits per heavy atom. The molecule has 0 aromatic carbocycles. The standard InChI is InChI=1S/C7H15NO2.ClH/c1-4(2)6(5(3)8)7(9)10;/h4-6H,8H2,1-3H3,(H,9,10);1H. The van der Waals surface area contributed by atoms with Gasteiger partial charge in [-0.25, -0.2) is 0 Å². The van der Waals surface area contributed by atoms with Gasteiger partial charge in [-0.15, -0.1) is 12.4 Å². The van der Waals surface area contributed by atoms with E-state index in [1.165, 1.54) is 0 Å². The van der Waals surface area contributed by atoms with Crippen LogP contribution in [0.1, 0.15) is 20.8 Å². The van der Waals surface area contributed by atoms with Crippen LogP contribution in [0.2, 0.25) is 0 Å². The van der Waals surface area contributed by atoms with Crippen LogP contribution < -0.4 is 5.73 Å². The van der Waals surface area contributed by atoms with Crippen LogP contribution in [-0.2, 0) is 4.79 Å². The Morgan fingerprint density at radius 3 is 1.73 bits per heavy atom. The zero-order valence-electron chi connectivity index (χ0n) is 7.07. The number of carboxylic acid groups (broad SMARTS) is 1. The van der Waals surface area contributed by atoms with Crippen molar-refractivity contribution in [2.45, 2.75) is 26.8 Å². The summed E-state index contributed by atoms with van der Waals surface area (Å²) >= 11 is 0. The molecule has 0 bridgehead atoms. The first-order valence-corrected chi connectivity index (χ1v) is 3.45. The SMILES string of the molecule is CC(C)C(C(=O)O)C(C)N.Cl. The van der Waals surface area contributed by atoms with Crippen molar-refractivity contribution in [1.29, 1.82) is 0 Å². The third kappa shape index (κ3) is 4.22. The molecule has 2 atom stereocenters. The molecule has 0 radical (unpaired) electrons. The van der Waals surface area contributed by atoms with Crippen LogP contribution in [0.25, 0.3) is 0 Å². The van der Waals surface area contributed by atoms with Gasteiger partial charge in [-0.1, -0.05) is 13.8 Å². The number of rotatable bonds is 3. The highest BCUT2D eigenvalue weighted by Crippen LogP contribution is 2.13. The summed E-state index contributed by atoms with van der Waals surface area (Å²) in [5.74, 6) is -1.11. The van der Waals surface area contributed by atoms with Crippen LogP contribution in [0.15, 0.2) is 0 Å². The van der Waals surface area contributed by atoms with Crippen molar-refractivity contribution in [3.05, 3.63) is 0 Å². The third-order valence-corrected chi connectivity index (χ3v) is 1.57. The summed E-state index contributed by atoms with van der Waals surface area (Å²) < 4.78 is 0. The van der Waals surface area contributed by atoms with Gasteiger partial charge in [0.1, 0.15) is 0 Å². The van der Waals surface area contributed by atoms with Gasteiger partial charge in [-0.2, -0.15) is 0 Å². The predicted octanol–water partition coefficient (Wildman–Crippen LogP) is 1.11. The normalized spacial score (nSPS) is 15.4. The molecule has 0 saturated heterocycles. The summed E-state index contributed by atoms with van der Waals surface area (Å²) in [6.45, 7) is 5.45. The van der Waals surface area contributed by atoms with E-state index in [0.29, 0.717) is 0 Å². The Kier molecular flexibility index (Phi) is 6.52. The fourth-order valence-electron chi connectivity index (χ4n) is 1.12. The largest absolute Gasteiger partial charge is 0.481 e. The number of nitrogens with two attached hydrogens (primary N) is 1. The molecule has 11 heavy (non-hydrogen) atoms. The molecule has 0 aliphatic heterocycles. The molecule has 4 heteroatoms. The summed E-state index contributed by atoms with van der Waals surface area (Å²) in [5, 5.41) is 8.63. The minimum Gasteiger partial charge on any atom is -0.481 e. The van der Waals surface area contributed by atoms with Crippen molar-refractivity contribution in [2.75, 3.05) is 0 Å². The highest BCUT2D eigenvalue weighted by Gasteiger charge is 2.24. The molecule has 0 spiro atoms. The van der Waals surface area contributed by atoms with Gasteiger partial charge in [0.2, 0.25) is 0 Å². The lowest BCUT2D eigenvalue weighted by atomic mass is 9.90. The predicted molar refractivity (Wildman–Crippen MR) is 46.9 cm³/mol. The van der Waals surface area contributed by atoms with Gasteiger partial charge in [-0.3, -0.25) is 4.79 Å². The van der Waals surface area contributed by atoms with Crippen LogP contribution in [0, 0.1) is 11.8 Å². The van der Waals surface area contributed by atoms with Gasteiger partial charge in [-0.05, 0) is 12.8 Å². The maximum Gasteiger partial charge on any atom is 0.308 e. The number of hydrogen-bond acceptors (Lipinski definition) is 2. The van der Waals surface area contributed by atoms with Crippen molar-refractivity contribution in [2.24, 2.45) is 17.6 Å². The molecular weight excluding hydrogens is 166 g/mol. The molecule has 0 rings (SSSR count). The molecule has 68 valence electrons. The lowest BCUT2D eigenvalue weighted by Crippen LogP contribution is -2.36. The molecule has 0 aliphatic rings. The number of aliphatic carboxylic acids is 1. The van der Waals surface area contributed by atoms with E-state index in [1.807, 2.05) is 13.8 Å². The lowest BCUT2D eigenvalue weighted by molar-refractivity contribution is -0.143. The quantitative estimate of drug-likeness (QED) is 0.686. The maximum atomic E-state index is 10.5. The van der Waals surface area contributed by atoms with Crippen molar-refractivity contribution in [3.63, 3.8) is 0 Å². The Labute approximate surface area is 73.4 Å². The highest BCUT2D eigenvalue weighted by molar-refractivity contribution is 5.85. The average molecular weight is 182 g/mol. The molecule has 0 saturated carbocycles. The fourth-order valence-corrected chi connectivity index (χ4v) is 1.12. The fraction of sp³-hybridized carbons (Fsp3) is 0.857. The van der Waals surface area contributed by atoms with E-state index in [4.69, 9.17) is 10.8 Å². The van der Waals surface area contributed by atoms with Crippen LogP contribution in [0.5, 0.6) is 0 Å². The van der Waals surface area contributed by atoms with Gasteiger partial charge < -0.3 is 10.8 Å². The monoisotopic (exact) mass is 181 g/mol. The minimum absolute atomic E-state index is 0. The van der Waals surface area contributed by atoms with Gasteiger partial charge in [0, 0.05) is 6.04 Å². The van der Waals surface area contributed by atoms with Gasteiger partial charge in [0.25, 0.3) is 0 Å². The maximum absolute atomic E-state index is 10.5. The van der Waals surface area contributed by atoms with Crippen LogP contribution in [0.4, 0.5) is 0 Å². The molecule has 0 aromatic heterocycles. The summed E-state index contributed by atoms with van der Waals surface area (Å²) in [6, 6.07) is -0.266. The average Bonchev–Trinajstić information content (AvgIpc) is 1.59. The van der Waals surface area contributed by atoms with Crippen LogP contribution >= 0.6 is 12.4 Å². The number of carboxylic acids is 1. The molecule has 3 nitrogen and oxygen atoms in total. The Bertz CT molecular complexity index is 118. The number of halogens is 1. The first-order valence-electron chi connectivity index (χ1n) is 3.45. The van der Waals surface area contributed by atoms with Crippen molar-refractivity contribution >= 4 is 18.4 Å². The zero-order valence-corrected chi connectivity index (χ0v) is 7.89. The Morgan fingerprint density at radius 2 is 1.73 bits per heavy atom. The van der Waals surface area contributed by atoms with E-state index in [0.717, 1.165) is 0 Å². The first kappa shape index (κ1) is 13.3. The number of carbonyl (C=O) groups is 1. The molecule has 0 amide bonds. The number of hydrogen-bond donors (Lipinski definition) is 2. The van der Waals surface area contributed by atoms with E-state index in [1.54, 1.807) is 6.92 Å². The smallest absolute Gasteiger partial charge is 0.308 e. The molecule has 0 fully saturated rings. The zero-order chi connectivity index (χ0) is 8.31. The topological polar surface area (TPSA) is 63.3 Å². The van der Waals surface area contributed by atoms with E-state index in [2.05, 4.69) is 0 Å². The van der Waals surface area contributed by atoms with Crippen LogP contribution in [-0.4, -0.2) is 17.1 Å². The molecule has 0 aromatic rings. The second kappa shape index (κ2) is 5.38.